The Kier molecular flexibility index (Phi) is 13.9. The molecule has 12 nitrogen and oxygen atoms in total. The molecule has 3 fully saturated rings. The SMILES string of the molecule is O=C(O)C(Cc1cccc(CN(Cc2cccc(CC(C(=O)O)C3CCNC3)c2)C(=O)COc2cccc(CC(C(=O)O)C3CCNC3)c2)c1)C1CCNC1. The number of carbonyl (C=O) groups excluding carboxylic acids is 1. The van der Waals surface area contributed by atoms with Crippen molar-refractivity contribution in [3.05, 3.63) is 101 Å². The first-order valence-corrected chi connectivity index (χ1v) is 19.6. The number of rotatable bonds is 19. The highest BCUT2D eigenvalue weighted by atomic mass is 16.5. The van der Waals surface area contributed by atoms with E-state index in [-0.39, 0.29) is 43.4 Å². The van der Waals surface area contributed by atoms with E-state index < -0.39 is 35.7 Å². The van der Waals surface area contributed by atoms with Crippen LogP contribution in [0.4, 0.5) is 0 Å². The molecule has 294 valence electrons. The van der Waals surface area contributed by atoms with Crippen molar-refractivity contribution in [1.29, 1.82) is 0 Å². The smallest absolute Gasteiger partial charge is 0.307 e. The lowest BCUT2D eigenvalue weighted by Crippen LogP contribution is -2.34. The molecule has 55 heavy (non-hydrogen) atoms. The standard InChI is InChI=1S/C43H54N4O8/c48-40(27-55-36-9-3-6-30(18-36)21-39(43(53)54)35-12-15-46-24-35)47(25-31-7-1-4-28(16-31)19-37(41(49)50)33-10-13-44-22-33)26-32-8-2-5-29(17-32)20-38(42(51)52)34-11-14-45-23-34/h1-9,16-18,33-35,37-39,44-46H,10-15,19-27H2,(H,49,50)(H,51,52)(H,53,54). The molecule has 0 radical (unpaired) electrons. The van der Waals surface area contributed by atoms with E-state index in [0.717, 1.165) is 66.7 Å². The van der Waals surface area contributed by atoms with Gasteiger partial charge in [0.25, 0.3) is 5.91 Å². The van der Waals surface area contributed by atoms with Gasteiger partial charge in [-0.1, -0.05) is 60.7 Å². The zero-order valence-electron chi connectivity index (χ0n) is 31.3. The lowest BCUT2D eigenvalue weighted by atomic mass is 9.86. The number of carbonyl (C=O) groups is 4. The van der Waals surface area contributed by atoms with E-state index in [9.17, 15) is 34.5 Å². The molecular formula is C43H54N4O8. The Balaban J connectivity index is 1.18. The summed E-state index contributed by atoms with van der Waals surface area (Å²) in [6.45, 7) is 4.75. The molecule has 3 aromatic rings. The Morgan fingerprint density at radius 1 is 0.582 bits per heavy atom. The second-order valence-electron chi connectivity index (χ2n) is 15.5. The molecule has 0 spiro atoms. The van der Waals surface area contributed by atoms with Crippen LogP contribution in [0, 0.1) is 35.5 Å². The van der Waals surface area contributed by atoms with Crippen molar-refractivity contribution in [3.8, 4) is 5.75 Å². The van der Waals surface area contributed by atoms with Crippen LogP contribution in [0.2, 0.25) is 0 Å². The zero-order chi connectivity index (χ0) is 38.7. The summed E-state index contributed by atoms with van der Waals surface area (Å²) in [5.41, 5.74) is 4.34. The molecule has 3 aliphatic heterocycles. The van der Waals surface area contributed by atoms with E-state index in [1.807, 2.05) is 60.7 Å². The quantitative estimate of drug-likeness (QED) is 0.105. The summed E-state index contributed by atoms with van der Waals surface area (Å²) in [5, 5.41) is 39.8. The highest BCUT2D eigenvalue weighted by molar-refractivity contribution is 5.78. The number of aliphatic carboxylic acids is 3. The minimum Gasteiger partial charge on any atom is -0.484 e. The number of hydrogen-bond acceptors (Lipinski definition) is 8. The van der Waals surface area contributed by atoms with Crippen LogP contribution in [-0.4, -0.2) is 89.9 Å². The Hall–Kier alpha value is -4.78. The maximum absolute atomic E-state index is 14.1. The molecular weight excluding hydrogens is 700 g/mol. The maximum Gasteiger partial charge on any atom is 0.307 e. The molecule has 6 atom stereocenters. The average molecular weight is 755 g/mol. The van der Waals surface area contributed by atoms with Crippen LogP contribution in [0.3, 0.4) is 0 Å². The van der Waals surface area contributed by atoms with Crippen molar-refractivity contribution in [1.82, 2.24) is 20.9 Å². The van der Waals surface area contributed by atoms with Gasteiger partial charge in [0.1, 0.15) is 5.75 Å². The second kappa shape index (κ2) is 19.2. The largest absolute Gasteiger partial charge is 0.484 e. The molecule has 0 bridgehead atoms. The lowest BCUT2D eigenvalue weighted by molar-refractivity contribution is -0.144. The van der Waals surface area contributed by atoms with Gasteiger partial charge in [-0.05, 0) is 135 Å². The van der Waals surface area contributed by atoms with Crippen LogP contribution in [0.15, 0.2) is 72.8 Å². The Bertz CT molecular complexity index is 1700. The van der Waals surface area contributed by atoms with Crippen LogP contribution >= 0.6 is 0 Å². The molecule has 0 aromatic heterocycles. The molecule has 3 aromatic carbocycles. The van der Waals surface area contributed by atoms with Crippen molar-refractivity contribution in [2.24, 2.45) is 35.5 Å². The molecule has 0 aliphatic carbocycles. The van der Waals surface area contributed by atoms with Gasteiger partial charge in [-0.3, -0.25) is 19.2 Å². The first kappa shape index (κ1) is 39.9. The summed E-state index contributed by atoms with van der Waals surface area (Å²) in [7, 11) is 0. The number of benzene rings is 3. The van der Waals surface area contributed by atoms with Gasteiger partial charge in [0, 0.05) is 13.1 Å². The van der Waals surface area contributed by atoms with E-state index in [1.54, 1.807) is 17.0 Å². The number of carboxylic acid groups (broad SMARTS) is 3. The summed E-state index contributed by atoms with van der Waals surface area (Å²) < 4.78 is 6.06. The highest BCUT2D eigenvalue weighted by Gasteiger charge is 2.33. The molecule has 3 saturated heterocycles. The van der Waals surface area contributed by atoms with E-state index in [0.29, 0.717) is 44.6 Å². The van der Waals surface area contributed by atoms with Crippen LogP contribution in [0.5, 0.6) is 5.75 Å². The third-order valence-corrected chi connectivity index (χ3v) is 11.7. The highest BCUT2D eigenvalue weighted by Crippen LogP contribution is 2.28. The Labute approximate surface area is 322 Å². The summed E-state index contributed by atoms with van der Waals surface area (Å²) in [4.78, 5) is 52.4. The van der Waals surface area contributed by atoms with Gasteiger partial charge >= 0.3 is 17.9 Å². The summed E-state index contributed by atoms with van der Waals surface area (Å²) >= 11 is 0. The van der Waals surface area contributed by atoms with E-state index in [1.165, 1.54) is 0 Å². The molecule has 0 saturated carbocycles. The molecule has 12 heteroatoms. The number of hydrogen-bond donors (Lipinski definition) is 6. The lowest BCUT2D eigenvalue weighted by Gasteiger charge is -2.25. The third-order valence-electron chi connectivity index (χ3n) is 11.7. The van der Waals surface area contributed by atoms with Crippen molar-refractivity contribution in [3.63, 3.8) is 0 Å². The van der Waals surface area contributed by atoms with Crippen molar-refractivity contribution in [2.75, 3.05) is 45.9 Å². The normalized spacial score (nSPS) is 21.1. The number of carboxylic acids is 3. The monoisotopic (exact) mass is 754 g/mol. The van der Waals surface area contributed by atoms with Gasteiger partial charge < -0.3 is 40.9 Å². The van der Waals surface area contributed by atoms with Crippen LogP contribution in [-0.2, 0) is 51.5 Å². The molecule has 6 unspecified atom stereocenters. The van der Waals surface area contributed by atoms with Gasteiger partial charge in [-0.25, -0.2) is 0 Å². The molecule has 6 N–H and O–H groups in total. The number of ether oxygens (including phenoxy) is 1. The fraction of sp³-hybridized carbons (Fsp3) is 0.488. The van der Waals surface area contributed by atoms with Crippen molar-refractivity contribution in [2.45, 2.75) is 51.6 Å². The first-order chi connectivity index (χ1) is 26.6. The average Bonchev–Trinajstić information content (AvgIpc) is 4.00. The van der Waals surface area contributed by atoms with Gasteiger partial charge in [-0.2, -0.15) is 0 Å². The number of amides is 1. The minimum absolute atomic E-state index is 0.0543. The first-order valence-electron chi connectivity index (χ1n) is 19.6. The van der Waals surface area contributed by atoms with Gasteiger partial charge in [0.15, 0.2) is 6.61 Å². The summed E-state index contributed by atoms with van der Waals surface area (Å²) in [5.74, 6) is -3.58. The topological polar surface area (TPSA) is 178 Å². The summed E-state index contributed by atoms with van der Waals surface area (Å²) in [6, 6.07) is 22.8. The zero-order valence-corrected chi connectivity index (χ0v) is 31.3. The fourth-order valence-corrected chi connectivity index (χ4v) is 8.57. The maximum atomic E-state index is 14.1. The predicted molar refractivity (Wildman–Crippen MR) is 206 cm³/mol. The van der Waals surface area contributed by atoms with Crippen molar-refractivity contribution < 1.29 is 39.2 Å². The molecule has 1 amide bonds. The van der Waals surface area contributed by atoms with Gasteiger partial charge in [-0.15, -0.1) is 0 Å². The van der Waals surface area contributed by atoms with Crippen LogP contribution in [0.25, 0.3) is 0 Å². The number of nitrogens with zero attached hydrogens (tertiary/aromatic N) is 1. The Morgan fingerprint density at radius 2 is 0.964 bits per heavy atom. The fourth-order valence-electron chi connectivity index (χ4n) is 8.57. The van der Waals surface area contributed by atoms with Gasteiger partial charge in [0.05, 0.1) is 17.8 Å². The van der Waals surface area contributed by atoms with E-state index in [4.69, 9.17) is 4.74 Å². The summed E-state index contributed by atoms with van der Waals surface area (Å²) in [6.07, 6.45) is 3.62. The van der Waals surface area contributed by atoms with E-state index in [2.05, 4.69) is 16.0 Å². The third kappa shape index (κ3) is 11.1. The second-order valence-corrected chi connectivity index (χ2v) is 15.5. The number of nitrogens with one attached hydrogen (secondary N) is 3. The van der Waals surface area contributed by atoms with Gasteiger partial charge in [0.2, 0.25) is 0 Å². The van der Waals surface area contributed by atoms with Crippen LogP contribution in [0.1, 0.15) is 47.1 Å². The van der Waals surface area contributed by atoms with Crippen LogP contribution < -0.4 is 20.7 Å². The molecule has 3 aliphatic rings. The van der Waals surface area contributed by atoms with E-state index >= 15 is 0 Å². The van der Waals surface area contributed by atoms with Crippen molar-refractivity contribution >= 4 is 23.8 Å². The molecule has 3 heterocycles. The minimum atomic E-state index is -0.818. The predicted octanol–water partition coefficient (Wildman–Crippen LogP) is 3.85. The molecule has 6 rings (SSSR count). The Morgan fingerprint density at radius 3 is 1.35 bits per heavy atom.